The van der Waals surface area contributed by atoms with Crippen molar-refractivity contribution in [2.45, 2.75) is 55.6 Å². The van der Waals surface area contributed by atoms with Crippen molar-refractivity contribution in [1.82, 2.24) is 4.72 Å². The average Bonchev–Trinajstić information content (AvgIpc) is 3.33. The third-order valence-electron chi connectivity index (χ3n) is 9.30. The van der Waals surface area contributed by atoms with Gasteiger partial charge >= 0.3 is 0 Å². The number of methoxy groups -OCH3 is 2. The van der Waals surface area contributed by atoms with Gasteiger partial charge in [-0.1, -0.05) is 80.4 Å². The lowest BCUT2D eigenvalue weighted by Crippen LogP contribution is -2.31. The SMILES string of the molecule is CCCCCC(=O)NS(=O)(=O)c1ccccc1NC(=O)c1cccc(OCc2ccc(OC)cc2)c1.COc1ccc(COc2cccc(C(=O)Nc3ccccc3SOON)c2)cc1. The molecular weight excluding hydrogens is 873 g/mol. The fraction of sp³-hybridized carbons (Fsp3) is 0.188. The maximum Gasteiger partial charge on any atom is 0.266 e. The highest BCUT2D eigenvalue weighted by Crippen LogP contribution is 2.29. The van der Waals surface area contributed by atoms with E-state index in [1.807, 2.05) is 61.5 Å². The van der Waals surface area contributed by atoms with Crippen molar-refractivity contribution in [3.05, 3.63) is 168 Å². The molecule has 0 aliphatic rings. The number of ether oxygens (including phenoxy) is 4. The molecule has 0 radical (unpaired) electrons. The summed E-state index contributed by atoms with van der Waals surface area (Å²) in [4.78, 5) is 42.2. The lowest BCUT2D eigenvalue weighted by molar-refractivity contribution is -0.195. The summed E-state index contributed by atoms with van der Waals surface area (Å²) in [6.07, 6.45) is 2.48. The highest BCUT2D eigenvalue weighted by Gasteiger charge is 2.22. The summed E-state index contributed by atoms with van der Waals surface area (Å²) in [6, 6.07) is 41.7. The molecule has 0 saturated heterocycles. The monoisotopic (exact) mass is 922 g/mol. The van der Waals surface area contributed by atoms with E-state index in [2.05, 4.69) is 24.7 Å². The first-order valence-electron chi connectivity index (χ1n) is 20.3. The van der Waals surface area contributed by atoms with Gasteiger partial charge in [0.15, 0.2) is 0 Å². The number of unbranched alkanes of at least 4 members (excludes halogenated alkanes) is 2. The number of hydrogen-bond acceptors (Lipinski definition) is 13. The molecule has 0 aromatic heterocycles. The van der Waals surface area contributed by atoms with Crippen LogP contribution in [0.3, 0.4) is 0 Å². The van der Waals surface area contributed by atoms with Gasteiger partial charge in [-0.3, -0.25) is 14.4 Å². The third kappa shape index (κ3) is 15.7. The van der Waals surface area contributed by atoms with Gasteiger partial charge in [0.05, 0.1) is 42.5 Å². The zero-order valence-corrected chi connectivity index (χ0v) is 37.6. The van der Waals surface area contributed by atoms with E-state index in [9.17, 15) is 22.8 Å². The fourth-order valence-corrected chi connectivity index (χ4v) is 7.55. The molecule has 5 N–H and O–H groups in total. The number of nitrogens with two attached hydrogens (primary N) is 1. The second kappa shape index (κ2) is 25.4. The second-order valence-corrected chi connectivity index (χ2v) is 16.4. The van der Waals surface area contributed by atoms with Gasteiger partial charge < -0.3 is 29.6 Å². The van der Waals surface area contributed by atoms with Crippen LogP contribution in [0.4, 0.5) is 11.4 Å². The highest BCUT2D eigenvalue weighted by atomic mass is 32.2. The van der Waals surface area contributed by atoms with Crippen LogP contribution < -0.4 is 40.2 Å². The van der Waals surface area contributed by atoms with Crippen LogP contribution in [0.5, 0.6) is 23.0 Å². The fourth-order valence-electron chi connectivity index (χ4n) is 5.91. The van der Waals surface area contributed by atoms with E-state index in [-0.39, 0.29) is 28.5 Å². The zero-order chi connectivity index (χ0) is 46.4. The van der Waals surface area contributed by atoms with Crippen molar-refractivity contribution in [1.29, 1.82) is 0 Å². The van der Waals surface area contributed by atoms with Crippen LogP contribution in [-0.4, -0.2) is 40.4 Å². The molecule has 65 heavy (non-hydrogen) atoms. The number of nitrogens with one attached hydrogen (secondary N) is 3. The van der Waals surface area contributed by atoms with E-state index >= 15 is 0 Å². The van der Waals surface area contributed by atoms with Crippen LogP contribution >= 0.6 is 12.0 Å². The minimum absolute atomic E-state index is 0.0703. The van der Waals surface area contributed by atoms with E-state index < -0.39 is 21.8 Å². The van der Waals surface area contributed by atoms with Crippen molar-refractivity contribution in [2.75, 3.05) is 24.9 Å². The van der Waals surface area contributed by atoms with E-state index in [4.69, 9.17) is 24.8 Å². The molecule has 0 heterocycles. The number of hydrogen-bond donors (Lipinski definition) is 4. The average molecular weight is 923 g/mol. The number of rotatable bonds is 21. The minimum atomic E-state index is -4.16. The number of para-hydroxylation sites is 2. The molecular formula is C48H50N4O11S2. The lowest BCUT2D eigenvalue weighted by Gasteiger charge is -2.13. The van der Waals surface area contributed by atoms with Gasteiger partial charge in [0, 0.05) is 17.5 Å². The zero-order valence-electron chi connectivity index (χ0n) is 36.0. The van der Waals surface area contributed by atoms with Crippen LogP contribution in [0.15, 0.2) is 155 Å². The molecule has 6 rings (SSSR count). The molecule has 17 heteroatoms. The highest BCUT2D eigenvalue weighted by molar-refractivity contribution is 7.94. The topological polar surface area (TPSA) is 203 Å². The van der Waals surface area contributed by atoms with Crippen LogP contribution in [0, 0.1) is 0 Å². The first-order valence-corrected chi connectivity index (χ1v) is 22.5. The summed E-state index contributed by atoms with van der Waals surface area (Å²) in [6.45, 7) is 2.68. The summed E-state index contributed by atoms with van der Waals surface area (Å²) in [5.41, 5.74) is 3.33. The lowest BCUT2D eigenvalue weighted by atomic mass is 10.2. The van der Waals surface area contributed by atoms with Gasteiger partial charge in [-0.2, -0.15) is 5.90 Å². The summed E-state index contributed by atoms with van der Waals surface area (Å²) in [5.74, 6) is 6.11. The molecule has 0 aliphatic carbocycles. The van der Waals surface area contributed by atoms with Crippen LogP contribution in [-0.2, 0) is 37.4 Å². The maximum atomic E-state index is 12.9. The number of carbonyl (C=O) groups excluding carboxylic acids is 3. The molecule has 0 bridgehead atoms. The Morgan fingerprint density at radius 2 is 1.11 bits per heavy atom. The van der Waals surface area contributed by atoms with E-state index in [1.165, 1.54) is 18.2 Å². The number of amides is 3. The number of sulfonamides is 1. The number of carbonyl (C=O) groups is 3. The first-order chi connectivity index (χ1) is 31.5. The van der Waals surface area contributed by atoms with Gasteiger partial charge in [-0.05, 0) is 102 Å². The van der Waals surface area contributed by atoms with Crippen molar-refractivity contribution < 1.29 is 51.1 Å². The number of benzene rings is 6. The molecule has 0 spiro atoms. The standard InChI is InChI=1S/C27H30N2O6S.C21H20N2O5S/c1-3-4-5-13-26(30)29-36(32,33)25-12-7-6-11-24(25)28-27(31)21-9-8-10-23(18-21)35-19-20-14-16-22(34-2)17-15-20;1-25-17-11-9-15(10-12-17)14-26-18-6-4-5-16(13-18)21(24)23-19-7-2-3-8-20(19)29-28-27-22/h6-12,14-18H,3-5,13,19H2,1-2H3,(H,28,31)(H,29,30);2-13H,14,22H2,1H3,(H,23,24). The Morgan fingerprint density at radius 3 is 1.63 bits per heavy atom. The van der Waals surface area contributed by atoms with Gasteiger partial charge in [-0.25, -0.2) is 13.1 Å². The number of anilines is 2. The summed E-state index contributed by atoms with van der Waals surface area (Å²) < 4.78 is 54.3. The van der Waals surface area contributed by atoms with Gasteiger partial charge in [0.1, 0.15) is 41.1 Å². The quantitative estimate of drug-likeness (QED) is 0.0230. The van der Waals surface area contributed by atoms with Crippen molar-refractivity contribution in [3.63, 3.8) is 0 Å². The molecule has 0 atom stereocenters. The normalized spacial score (nSPS) is 10.7. The van der Waals surface area contributed by atoms with E-state index in [0.717, 1.165) is 47.5 Å². The Labute approximate surface area is 382 Å². The Bertz CT molecular complexity index is 2590. The Hall–Kier alpha value is -6.89. The van der Waals surface area contributed by atoms with E-state index in [1.54, 1.807) is 87.0 Å². The van der Waals surface area contributed by atoms with Gasteiger partial charge in [-0.15, -0.1) is 9.32 Å². The van der Waals surface area contributed by atoms with Gasteiger partial charge in [0.25, 0.3) is 21.8 Å². The third-order valence-corrected chi connectivity index (χ3v) is 11.4. The Kier molecular flexibility index (Phi) is 19.2. The molecule has 0 unspecified atom stereocenters. The second-order valence-electron chi connectivity index (χ2n) is 14.0. The first kappa shape index (κ1) is 49.1. The molecule has 340 valence electrons. The van der Waals surface area contributed by atoms with Gasteiger partial charge in [0.2, 0.25) is 5.91 Å². The predicted molar refractivity (Wildman–Crippen MR) is 248 cm³/mol. The summed E-state index contributed by atoms with van der Waals surface area (Å²) in [7, 11) is -0.935. The minimum Gasteiger partial charge on any atom is -0.497 e. The van der Waals surface area contributed by atoms with E-state index in [0.29, 0.717) is 47.3 Å². The maximum absolute atomic E-state index is 12.9. The predicted octanol–water partition coefficient (Wildman–Crippen LogP) is 9.27. The Morgan fingerprint density at radius 1 is 0.600 bits per heavy atom. The van der Waals surface area contributed by atoms with Crippen molar-refractivity contribution >= 4 is 51.2 Å². The van der Waals surface area contributed by atoms with Crippen LogP contribution in [0.25, 0.3) is 0 Å². The van der Waals surface area contributed by atoms with Crippen molar-refractivity contribution in [2.24, 2.45) is 5.90 Å². The molecule has 0 fully saturated rings. The molecule has 0 aliphatic heterocycles. The smallest absolute Gasteiger partial charge is 0.266 e. The molecule has 6 aromatic carbocycles. The molecule has 0 saturated carbocycles. The van der Waals surface area contributed by atoms with Crippen LogP contribution in [0.1, 0.15) is 64.4 Å². The largest absolute Gasteiger partial charge is 0.497 e. The molecule has 6 aromatic rings. The summed E-state index contributed by atoms with van der Waals surface area (Å²) >= 11 is 0.900. The molecule has 15 nitrogen and oxygen atoms in total. The van der Waals surface area contributed by atoms with Crippen LogP contribution in [0.2, 0.25) is 0 Å². The molecule has 3 amide bonds. The summed E-state index contributed by atoms with van der Waals surface area (Å²) in [5, 5.41) is 5.48. The Balaban J connectivity index is 0.000000250. The van der Waals surface area contributed by atoms with Crippen molar-refractivity contribution in [3.8, 4) is 23.0 Å².